The van der Waals surface area contributed by atoms with E-state index in [0.29, 0.717) is 6.42 Å². The molecule has 2 atom stereocenters. The van der Waals surface area contributed by atoms with Gasteiger partial charge in [0, 0.05) is 19.0 Å². The van der Waals surface area contributed by atoms with Crippen LogP contribution in [0.2, 0.25) is 0 Å². The molecule has 2 aromatic rings. The van der Waals surface area contributed by atoms with Gasteiger partial charge in [-0.25, -0.2) is 9.59 Å². The number of aliphatic hydroxyl groups excluding tert-OH is 1. The van der Waals surface area contributed by atoms with Gasteiger partial charge in [-0.15, -0.1) is 0 Å². The molecule has 6 nitrogen and oxygen atoms in total. The van der Waals surface area contributed by atoms with E-state index in [9.17, 15) is 19.8 Å². The number of hydrogen-bond acceptors (Lipinski definition) is 4. The second kappa shape index (κ2) is 10.1. The summed E-state index contributed by atoms with van der Waals surface area (Å²) in [7, 11) is 0. The first-order chi connectivity index (χ1) is 13.7. The lowest BCUT2D eigenvalue weighted by atomic mass is 9.93. The molecule has 2 N–H and O–H groups in total. The van der Waals surface area contributed by atoms with Crippen molar-refractivity contribution in [2.24, 2.45) is 5.92 Å². The first-order valence-corrected chi connectivity index (χ1v) is 9.62. The Bertz CT molecular complexity index is 786. The van der Waals surface area contributed by atoms with Crippen LogP contribution < -0.4 is 0 Å². The van der Waals surface area contributed by atoms with E-state index in [1.165, 1.54) is 4.90 Å². The minimum Gasteiger partial charge on any atom is -0.479 e. The Kier molecular flexibility index (Phi) is 7.79. The van der Waals surface area contributed by atoms with Gasteiger partial charge >= 0.3 is 12.1 Å². The van der Waals surface area contributed by atoms with Gasteiger partial charge in [0.2, 0.25) is 0 Å². The van der Waals surface area contributed by atoms with E-state index in [-0.39, 0.29) is 13.1 Å². The molecule has 0 radical (unpaired) electrons. The number of carboxylic acid groups (broad SMARTS) is 1. The van der Waals surface area contributed by atoms with Gasteiger partial charge in [-0.3, -0.25) is 0 Å². The first-order valence-electron chi connectivity index (χ1n) is 9.62. The maximum absolute atomic E-state index is 12.8. The van der Waals surface area contributed by atoms with E-state index >= 15 is 0 Å². The highest BCUT2D eigenvalue weighted by molar-refractivity contribution is 5.73. The van der Waals surface area contributed by atoms with Crippen molar-refractivity contribution in [1.29, 1.82) is 0 Å². The van der Waals surface area contributed by atoms with Crippen LogP contribution in [0.5, 0.6) is 0 Å². The van der Waals surface area contributed by atoms with Crippen LogP contribution in [0.15, 0.2) is 60.7 Å². The average molecular weight is 399 g/mol. The summed E-state index contributed by atoms with van der Waals surface area (Å²) in [4.78, 5) is 25.8. The molecule has 156 valence electrons. The molecule has 0 aromatic heterocycles. The first kappa shape index (κ1) is 22.4. The van der Waals surface area contributed by atoms with Crippen molar-refractivity contribution >= 4 is 12.1 Å². The molecule has 0 heterocycles. The molecule has 0 bridgehead atoms. The van der Waals surface area contributed by atoms with Crippen LogP contribution in [0.3, 0.4) is 0 Å². The number of carbonyl (C=O) groups excluding carboxylic acids is 1. The summed E-state index contributed by atoms with van der Waals surface area (Å²) < 4.78 is 5.52. The number of aliphatic hydroxyl groups is 1. The topological polar surface area (TPSA) is 87.1 Å². The van der Waals surface area contributed by atoms with Gasteiger partial charge in [0.15, 0.2) is 6.10 Å². The number of amides is 1. The minimum absolute atomic E-state index is 0.0478. The van der Waals surface area contributed by atoms with E-state index in [1.54, 1.807) is 20.8 Å². The number of rotatable bonds is 8. The van der Waals surface area contributed by atoms with Crippen LogP contribution in [0.25, 0.3) is 0 Å². The normalized spacial score (nSPS) is 13.4. The Morgan fingerprint density at radius 2 is 1.48 bits per heavy atom. The van der Waals surface area contributed by atoms with Crippen molar-refractivity contribution in [3.8, 4) is 0 Å². The van der Waals surface area contributed by atoms with Crippen molar-refractivity contribution in [2.45, 2.75) is 45.4 Å². The van der Waals surface area contributed by atoms with Gasteiger partial charge in [-0.05, 0) is 38.3 Å². The predicted octanol–water partition coefficient (Wildman–Crippen LogP) is 3.73. The fraction of sp³-hybridized carbons (Fsp3) is 0.391. The summed E-state index contributed by atoms with van der Waals surface area (Å²) in [6, 6.07) is 18.7. The third kappa shape index (κ3) is 7.58. The Morgan fingerprint density at radius 3 is 1.97 bits per heavy atom. The summed E-state index contributed by atoms with van der Waals surface area (Å²) in [5.74, 6) is -2.00. The molecular weight excluding hydrogens is 370 g/mol. The molecule has 0 aliphatic heterocycles. The van der Waals surface area contributed by atoms with Crippen molar-refractivity contribution in [1.82, 2.24) is 4.90 Å². The van der Waals surface area contributed by atoms with Gasteiger partial charge < -0.3 is 19.8 Å². The lowest BCUT2D eigenvalue weighted by Gasteiger charge is -2.31. The summed E-state index contributed by atoms with van der Waals surface area (Å²) in [5, 5.41) is 19.7. The Labute approximate surface area is 171 Å². The molecule has 2 aromatic carbocycles. The number of aliphatic carboxylic acids is 1. The van der Waals surface area contributed by atoms with Gasteiger partial charge in [-0.1, -0.05) is 60.7 Å². The Balaban J connectivity index is 2.26. The van der Waals surface area contributed by atoms with Crippen LogP contribution in [0.1, 0.15) is 31.9 Å². The number of ether oxygens (including phenoxy) is 1. The van der Waals surface area contributed by atoms with E-state index < -0.39 is 29.7 Å². The monoisotopic (exact) mass is 399 g/mol. The standard InChI is InChI=1S/C23H29NO5/c1-23(2,3)29-22(28)24(15-18-12-8-5-9-13-18)16-19(20(25)21(26)27)14-17-10-6-4-7-11-17/h4-13,19-20,25H,14-16H2,1-3H3,(H,26,27)/t19-,20+/m1/s1. The highest BCUT2D eigenvalue weighted by Gasteiger charge is 2.31. The van der Waals surface area contributed by atoms with Crippen molar-refractivity contribution in [3.63, 3.8) is 0 Å². The second-order valence-corrected chi connectivity index (χ2v) is 8.08. The number of hydrogen-bond donors (Lipinski definition) is 2. The third-order valence-electron chi connectivity index (χ3n) is 4.36. The molecule has 0 aliphatic rings. The quantitative estimate of drug-likeness (QED) is 0.706. The highest BCUT2D eigenvalue weighted by atomic mass is 16.6. The van der Waals surface area contributed by atoms with Crippen molar-refractivity contribution < 1.29 is 24.5 Å². The molecule has 0 saturated heterocycles. The van der Waals surface area contributed by atoms with E-state index in [1.807, 2.05) is 60.7 Å². The predicted molar refractivity (Wildman–Crippen MR) is 110 cm³/mol. The molecule has 1 amide bonds. The number of carbonyl (C=O) groups is 2. The van der Waals surface area contributed by atoms with Gasteiger partial charge in [0.05, 0.1) is 0 Å². The van der Waals surface area contributed by atoms with Crippen LogP contribution in [0, 0.1) is 5.92 Å². The summed E-state index contributed by atoms with van der Waals surface area (Å²) in [5.41, 5.74) is 1.09. The molecule has 0 fully saturated rings. The molecular formula is C23H29NO5. The van der Waals surface area contributed by atoms with Crippen molar-refractivity contribution in [3.05, 3.63) is 71.8 Å². The molecule has 0 saturated carbocycles. The molecule has 0 unspecified atom stereocenters. The molecule has 2 rings (SSSR count). The summed E-state index contributed by atoms with van der Waals surface area (Å²) in [6.45, 7) is 5.64. The number of benzene rings is 2. The highest BCUT2D eigenvalue weighted by Crippen LogP contribution is 2.19. The summed E-state index contributed by atoms with van der Waals surface area (Å²) >= 11 is 0. The van der Waals surface area contributed by atoms with Crippen molar-refractivity contribution in [2.75, 3.05) is 6.54 Å². The van der Waals surface area contributed by atoms with E-state index in [4.69, 9.17) is 4.74 Å². The lowest BCUT2D eigenvalue weighted by Crippen LogP contribution is -2.44. The number of carboxylic acids is 1. The lowest BCUT2D eigenvalue weighted by molar-refractivity contribution is -0.150. The molecule has 6 heteroatoms. The number of nitrogens with zero attached hydrogens (tertiary/aromatic N) is 1. The maximum Gasteiger partial charge on any atom is 0.410 e. The SMILES string of the molecule is CC(C)(C)OC(=O)N(Cc1ccccc1)C[C@@H](Cc1ccccc1)[C@H](O)C(=O)O. The zero-order chi connectivity index (χ0) is 21.4. The van der Waals surface area contributed by atoms with Crippen LogP contribution >= 0.6 is 0 Å². The van der Waals surface area contributed by atoms with E-state index in [2.05, 4.69) is 0 Å². The smallest absolute Gasteiger partial charge is 0.410 e. The van der Waals surface area contributed by atoms with Crippen LogP contribution in [0.4, 0.5) is 4.79 Å². The van der Waals surface area contributed by atoms with Gasteiger partial charge in [0.25, 0.3) is 0 Å². The molecule has 29 heavy (non-hydrogen) atoms. The fourth-order valence-corrected chi connectivity index (χ4v) is 3.01. The fourth-order valence-electron chi connectivity index (χ4n) is 3.01. The Morgan fingerprint density at radius 1 is 0.966 bits per heavy atom. The van der Waals surface area contributed by atoms with Crippen LogP contribution in [-0.4, -0.2) is 45.4 Å². The van der Waals surface area contributed by atoms with E-state index in [0.717, 1.165) is 11.1 Å². The van der Waals surface area contributed by atoms with Crippen LogP contribution in [-0.2, 0) is 22.5 Å². The average Bonchev–Trinajstić information content (AvgIpc) is 2.66. The molecule has 0 spiro atoms. The third-order valence-corrected chi connectivity index (χ3v) is 4.36. The zero-order valence-electron chi connectivity index (χ0n) is 17.1. The zero-order valence-corrected chi connectivity index (χ0v) is 17.1. The Hall–Kier alpha value is -2.86. The van der Waals surface area contributed by atoms with Gasteiger partial charge in [0.1, 0.15) is 5.60 Å². The second-order valence-electron chi connectivity index (χ2n) is 8.08. The largest absolute Gasteiger partial charge is 0.479 e. The van der Waals surface area contributed by atoms with Gasteiger partial charge in [-0.2, -0.15) is 0 Å². The molecule has 0 aliphatic carbocycles. The maximum atomic E-state index is 12.8. The summed E-state index contributed by atoms with van der Waals surface area (Å²) in [6.07, 6.45) is -1.82. The minimum atomic E-state index is -1.60.